The summed E-state index contributed by atoms with van der Waals surface area (Å²) in [7, 11) is 0. The quantitative estimate of drug-likeness (QED) is 0.860. The summed E-state index contributed by atoms with van der Waals surface area (Å²) in [5.41, 5.74) is 6.21. The smallest absolute Gasteiger partial charge is 0.265 e. The van der Waals surface area contributed by atoms with Gasteiger partial charge in [-0.3, -0.25) is 9.69 Å². The maximum Gasteiger partial charge on any atom is 0.265 e. The van der Waals surface area contributed by atoms with Crippen LogP contribution in [0.2, 0.25) is 0 Å². The molecule has 1 saturated heterocycles. The Labute approximate surface area is 130 Å². The van der Waals surface area contributed by atoms with E-state index in [0.717, 1.165) is 43.0 Å². The van der Waals surface area contributed by atoms with E-state index in [1.54, 1.807) is 0 Å². The molecule has 0 bridgehead atoms. The zero-order chi connectivity index (χ0) is 15.2. The van der Waals surface area contributed by atoms with Gasteiger partial charge < -0.3 is 10.6 Å². The molecule has 1 aromatic heterocycles. The molecule has 5 heteroatoms. The molecule has 1 unspecified atom stereocenters. The number of likely N-dealkylation sites (N-methyl/N-ethyl adjacent to an activating group) is 1. The number of nitrogens with two attached hydrogens (primary N) is 1. The Morgan fingerprint density at radius 1 is 1.52 bits per heavy atom. The van der Waals surface area contributed by atoms with Crippen molar-refractivity contribution in [2.75, 3.05) is 32.7 Å². The van der Waals surface area contributed by atoms with E-state index in [4.69, 9.17) is 5.73 Å². The summed E-state index contributed by atoms with van der Waals surface area (Å²) in [6.45, 7) is 8.40. The highest BCUT2D eigenvalue weighted by Crippen LogP contribution is 2.22. The topological polar surface area (TPSA) is 49.6 Å². The van der Waals surface area contributed by atoms with Gasteiger partial charge in [0.2, 0.25) is 0 Å². The Kier molecular flexibility index (Phi) is 5.80. The fourth-order valence-electron chi connectivity index (χ4n) is 2.83. The third-order valence-electron chi connectivity index (χ3n) is 3.96. The van der Waals surface area contributed by atoms with Crippen LogP contribution in [0.4, 0.5) is 0 Å². The first-order valence-electron chi connectivity index (χ1n) is 7.51. The van der Waals surface area contributed by atoms with Crippen LogP contribution in [-0.4, -0.2) is 54.5 Å². The van der Waals surface area contributed by atoms with Crippen LogP contribution in [0.25, 0.3) is 0 Å². The Morgan fingerprint density at radius 2 is 2.29 bits per heavy atom. The maximum atomic E-state index is 12.7. The van der Waals surface area contributed by atoms with E-state index in [1.807, 2.05) is 16.3 Å². The van der Waals surface area contributed by atoms with Crippen molar-refractivity contribution in [2.45, 2.75) is 26.3 Å². The second-order valence-electron chi connectivity index (χ2n) is 5.08. The minimum atomic E-state index is 0.112. The van der Waals surface area contributed by atoms with Crippen LogP contribution in [0.5, 0.6) is 0 Å². The molecular weight excluding hydrogens is 282 g/mol. The largest absolute Gasteiger partial charge is 0.336 e. The zero-order valence-electron chi connectivity index (χ0n) is 12.8. The number of amides is 1. The molecule has 1 fully saturated rings. The van der Waals surface area contributed by atoms with Crippen LogP contribution < -0.4 is 5.73 Å². The summed E-state index contributed by atoms with van der Waals surface area (Å²) in [5.74, 6) is 5.93. The molecule has 1 aliphatic rings. The van der Waals surface area contributed by atoms with Crippen molar-refractivity contribution < 1.29 is 4.79 Å². The summed E-state index contributed by atoms with van der Waals surface area (Å²) in [4.78, 5) is 17.8. The molecule has 2 heterocycles. The molecule has 0 aliphatic carbocycles. The second kappa shape index (κ2) is 7.60. The fraction of sp³-hybridized carbons (Fsp3) is 0.562. The van der Waals surface area contributed by atoms with E-state index >= 15 is 0 Å². The number of carbonyl (C=O) groups is 1. The zero-order valence-corrected chi connectivity index (χ0v) is 13.6. The number of rotatable bonds is 4. The van der Waals surface area contributed by atoms with Gasteiger partial charge in [-0.05, 0) is 31.0 Å². The van der Waals surface area contributed by atoms with E-state index in [1.165, 1.54) is 11.3 Å². The first-order valence-corrected chi connectivity index (χ1v) is 8.38. The van der Waals surface area contributed by atoms with Gasteiger partial charge in [-0.25, -0.2) is 0 Å². The average Bonchev–Trinajstić information content (AvgIpc) is 3.15. The molecule has 1 atom stereocenters. The van der Waals surface area contributed by atoms with Gasteiger partial charge in [0, 0.05) is 24.7 Å². The third kappa shape index (κ3) is 3.65. The van der Waals surface area contributed by atoms with Gasteiger partial charge in [0.15, 0.2) is 0 Å². The number of thiophene rings is 1. The van der Waals surface area contributed by atoms with Crippen LogP contribution in [0.15, 0.2) is 11.4 Å². The van der Waals surface area contributed by atoms with E-state index in [9.17, 15) is 4.79 Å². The predicted molar refractivity (Wildman–Crippen MR) is 87.5 cm³/mol. The summed E-state index contributed by atoms with van der Waals surface area (Å²) in [6.07, 6.45) is 1.06. The molecule has 1 amide bonds. The maximum absolute atomic E-state index is 12.7. The number of likely N-dealkylation sites (tertiary alicyclic amines) is 1. The molecular formula is C16H23N3OS. The molecule has 1 aromatic rings. The molecule has 1 aliphatic heterocycles. The Hall–Kier alpha value is -1.35. The van der Waals surface area contributed by atoms with E-state index in [0.29, 0.717) is 12.6 Å². The lowest BCUT2D eigenvalue weighted by Crippen LogP contribution is -2.38. The van der Waals surface area contributed by atoms with E-state index in [2.05, 4.69) is 30.6 Å². The number of hydrogen-bond donors (Lipinski definition) is 1. The SMILES string of the molecule is CCN(CC)C1CCN(C(=O)c2sccc2C#CCN)C1. The van der Waals surface area contributed by atoms with Gasteiger partial charge in [-0.15, -0.1) is 11.3 Å². The highest BCUT2D eigenvalue weighted by atomic mass is 32.1. The Bertz CT molecular complexity index is 539. The second-order valence-corrected chi connectivity index (χ2v) is 6.00. The highest BCUT2D eigenvalue weighted by molar-refractivity contribution is 7.12. The van der Waals surface area contributed by atoms with Gasteiger partial charge in [0.05, 0.1) is 6.54 Å². The molecule has 21 heavy (non-hydrogen) atoms. The van der Waals surface area contributed by atoms with Crippen molar-refractivity contribution in [3.05, 3.63) is 21.9 Å². The van der Waals surface area contributed by atoms with Crippen LogP contribution in [0, 0.1) is 11.8 Å². The Balaban J connectivity index is 2.07. The summed E-state index contributed by atoms with van der Waals surface area (Å²) < 4.78 is 0. The van der Waals surface area contributed by atoms with Crippen molar-refractivity contribution in [1.82, 2.24) is 9.80 Å². The molecule has 2 N–H and O–H groups in total. The van der Waals surface area contributed by atoms with Gasteiger partial charge in [-0.1, -0.05) is 25.7 Å². The average molecular weight is 305 g/mol. The number of nitrogens with zero attached hydrogens (tertiary/aromatic N) is 2. The van der Waals surface area contributed by atoms with Crippen LogP contribution in [0.3, 0.4) is 0 Å². The minimum absolute atomic E-state index is 0.112. The third-order valence-corrected chi connectivity index (χ3v) is 4.87. The van der Waals surface area contributed by atoms with Crippen LogP contribution >= 0.6 is 11.3 Å². The molecule has 4 nitrogen and oxygen atoms in total. The molecule has 0 saturated carbocycles. The minimum Gasteiger partial charge on any atom is -0.336 e. The monoisotopic (exact) mass is 305 g/mol. The van der Waals surface area contributed by atoms with Gasteiger partial charge in [0.1, 0.15) is 4.88 Å². The summed E-state index contributed by atoms with van der Waals surface area (Å²) in [6, 6.07) is 2.39. The van der Waals surface area contributed by atoms with Crippen molar-refractivity contribution in [3.8, 4) is 11.8 Å². The normalized spacial score (nSPS) is 17.9. The molecule has 2 rings (SSSR count). The number of hydrogen-bond acceptors (Lipinski definition) is 4. The van der Waals surface area contributed by atoms with Crippen LogP contribution in [0.1, 0.15) is 35.5 Å². The lowest BCUT2D eigenvalue weighted by molar-refractivity contribution is 0.0782. The van der Waals surface area contributed by atoms with Gasteiger partial charge >= 0.3 is 0 Å². The summed E-state index contributed by atoms with van der Waals surface area (Å²) in [5, 5.41) is 1.92. The van der Waals surface area contributed by atoms with Crippen LogP contribution in [-0.2, 0) is 0 Å². The molecule has 0 radical (unpaired) electrons. The molecule has 0 spiro atoms. The van der Waals surface area contributed by atoms with Crippen molar-refractivity contribution in [3.63, 3.8) is 0 Å². The first-order chi connectivity index (χ1) is 10.2. The van der Waals surface area contributed by atoms with Crippen molar-refractivity contribution in [2.24, 2.45) is 5.73 Å². The predicted octanol–water partition coefficient (Wildman–Crippen LogP) is 1.61. The van der Waals surface area contributed by atoms with Crippen molar-refractivity contribution in [1.29, 1.82) is 0 Å². The first kappa shape index (κ1) is 16.0. The standard InChI is InChI=1S/C16H23N3OS/c1-3-18(4-2)14-7-10-19(12-14)16(20)15-13(6-5-9-17)8-11-21-15/h8,11,14H,3-4,7,9-10,12,17H2,1-2H3. The van der Waals surface area contributed by atoms with Crippen molar-refractivity contribution >= 4 is 17.2 Å². The summed E-state index contributed by atoms with van der Waals surface area (Å²) >= 11 is 1.47. The van der Waals surface area contributed by atoms with E-state index < -0.39 is 0 Å². The lowest BCUT2D eigenvalue weighted by Gasteiger charge is -2.26. The lowest BCUT2D eigenvalue weighted by atomic mass is 10.2. The fourth-order valence-corrected chi connectivity index (χ4v) is 3.64. The highest BCUT2D eigenvalue weighted by Gasteiger charge is 2.30. The van der Waals surface area contributed by atoms with Gasteiger partial charge in [-0.2, -0.15) is 0 Å². The van der Waals surface area contributed by atoms with E-state index in [-0.39, 0.29) is 5.91 Å². The van der Waals surface area contributed by atoms with Gasteiger partial charge in [0.25, 0.3) is 5.91 Å². The molecule has 0 aromatic carbocycles. The molecule has 114 valence electrons. The Morgan fingerprint density at radius 3 is 2.95 bits per heavy atom. The number of carbonyl (C=O) groups excluding carboxylic acids is 1.